The van der Waals surface area contributed by atoms with Crippen LogP contribution in [0.25, 0.3) is 24.3 Å². The topological polar surface area (TPSA) is 424 Å². The molecule has 0 aliphatic carbocycles. The van der Waals surface area contributed by atoms with Crippen LogP contribution in [0.1, 0.15) is 302 Å². The monoisotopic (exact) mass is 2000 g/mol. The predicted octanol–water partition coefficient (Wildman–Crippen LogP) is 17.7. The molecule has 27 nitrogen and oxygen atoms in total. The van der Waals surface area contributed by atoms with Crippen molar-refractivity contribution in [2.75, 3.05) is 0 Å². The van der Waals surface area contributed by atoms with Gasteiger partial charge in [-0.05, 0) is 155 Å². The lowest BCUT2D eigenvalue weighted by Crippen LogP contribution is -2.45. The van der Waals surface area contributed by atoms with Crippen molar-refractivity contribution in [3.63, 3.8) is 0 Å². The number of cyclic esters (lactones) is 4. The molecule has 11 heterocycles. The lowest BCUT2D eigenvalue weighted by atomic mass is 9.73. The molecular weight excluding hydrogens is 1850 g/mol. The van der Waals surface area contributed by atoms with Crippen LogP contribution >= 0.6 is 45.3 Å². The maximum Gasteiger partial charge on any atom is 0.309 e. The second-order valence-electron chi connectivity index (χ2n) is 41.5. The number of nitrogens with zero attached hydrogens (tertiary/aromatic N) is 4. The van der Waals surface area contributed by atoms with Crippen molar-refractivity contribution in [3.8, 4) is 0 Å². The highest BCUT2D eigenvalue weighted by Gasteiger charge is 2.57. The molecule has 0 amide bonds. The molecule has 35 heteroatoms. The van der Waals surface area contributed by atoms with Gasteiger partial charge >= 0.3 is 23.9 Å². The Morgan fingerprint density at radius 2 is 0.620 bits per heavy atom. The maximum absolute atomic E-state index is 15.3. The normalized spacial score (nSPS) is 36.1. The summed E-state index contributed by atoms with van der Waals surface area (Å²) in [7, 11) is 0. The minimum absolute atomic E-state index is 0.102. The van der Waals surface area contributed by atoms with Gasteiger partial charge in [-0.25, -0.2) is 37.5 Å². The summed E-state index contributed by atoms with van der Waals surface area (Å²) >= 11 is 5.57. The number of ether oxygens (including phenoxy) is 7. The van der Waals surface area contributed by atoms with Crippen molar-refractivity contribution >= 4 is 117 Å². The summed E-state index contributed by atoms with van der Waals surface area (Å²) in [5.74, 6) is -10.3. The third kappa shape index (κ3) is 32.8. The van der Waals surface area contributed by atoms with Gasteiger partial charge in [-0.2, -0.15) is 0 Å². The van der Waals surface area contributed by atoms with Gasteiger partial charge in [0, 0.05) is 83.4 Å². The van der Waals surface area contributed by atoms with Crippen LogP contribution in [0.15, 0.2) is 56.5 Å². The van der Waals surface area contributed by atoms with E-state index in [1.54, 1.807) is 90.8 Å². The molecule has 0 radical (unpaired) electrons. The number of carbonyl (C=O) groups excluding carboxylic acids is 8. The largest absolute Gasteiger partial charge is 0.455 e. The third-order valence-electron chi connectivity index (χ3n) is 28.8. The van der Waals surface area contributed by atoms with Crippen LogP contribution in [0.4, 0.5) is 17.6 Å². The van der Waals surface area contributed by atoms with E-state index < -0.39 is 203 Å². The third-order valence-corrected chi connectivity index (χ3v) is 31.9. The molecule has 6 fully saturated rings. The number of hydrogen-bond acceptors (Lipinski definition) is 31. The minimum atomic E-state index is -1.35. The molecule has 4 aromatic heterocycles. The van der Waals surface area contributed by atoms with Crippen molar-refractivity contribution in [2.45, 2.75) is 396 Å². The highest BCUT2D eigenvalue weighted by molar-refractivity contribution is 7.10. The Morgan fingerprint density at radius 1 is 0.365 bits per heavy atom. The van der Waals surface area contributed by atoms with Gasteiger partial charge < -0.3 is 74.0 Å². The number of halogens is 4. The average Bonchev–Trinajstić information content (AvgIpc) is 1.57. The lowest BCUT2D eigenvalue weighted by molar-refractivity contribution is -0.156. The molecule has 0 spiro atoms. The quantitative estimate of drug-likeness (QED) is 0.0267. The van der Waals surface area contributed by atoms with Crippen molar-refractivity contribution < 1.29 is 130 Å². The maximum atomic E-state index is 15.3. The van der Waals surface area contributed by atoms with Crippen LogP contribution in [0.2, 0.25) is 0 Å². The number of epoxide rings is 3. The number of hydrogen-bond donors (Lipinski definition) is 8. The molecule has 0 saturated carbocycles. The molecule has 7 aliphatic rings. The molecule has 137 heavy (non-hydrogen) atoms. The van der Waals surface area contributed by atoms with Crippen molar-refractivity contribution in [1.29, 1.82) is 0 Å². The van der Waals surface area contributed by atoms with E-state index >= 15 is 17.6 Å². The van der Waals surface area contributed by atoms with Crippen LogP contribution < -0.4 is 0 Å². The summed E-state index contributed by atoms with van der Waals surface area (Å²) in [5.41, 5.74) is -2.44. The lowest BCUT2D eigenvalue weighted by Gasteiger charge is -2.34. The van der Waals surface area contributed by atoms with E-state index in [9.17, 15) is 79.2 Å². The first-order chi connectivity index (χ1) is 63.8. The van der Waals surface area contributed by atoms with Crippen molar-refractivity contribution in [2.24, 2.45) is 63.6 Å². The number of carbonyl (C=O) groups is 8. The van der Waals surface area contributed by atoms with Gasteiger partial charge in [-0.15, -0.1) is 45.3 Å². The molecule has 7 aliphatic heterocycles. The van der Waals surface area contributed by atoms with Crippen LogP contribution in [0.5, 0.6) is 0 Å². The number of thiazole rings is 4. The molecule has 6 saturated heterocycles. The van der Waals surface area contributed by atoms with Crippen LogP contribution in [-0.4, -0.2) is 216 Å². The Morgan fingerprint density at radius 3 is 0.898 bits per heavy atom. The van der Waals surface area contributed by atoms with Crippen molar-refractivity contribution in [3.05, 3.63) is 99.3 Å². The van der Waals surface area contributed by atoms with E-state index in [1.165, 1.54) is 69.7 Å². The first kappa shape index (κ1) is 115. The zero-order chi connectivity index (χ0) is 102. The summed E-state index contributed by atoms with van der Waals surface area (Å²) in [4.78, 5) is 120. The van der Waals surface area contributed by atoms with E-state index in [1.807, 2.05) is 89.2 Å². The number of aromatic nitrogens is 4. The zero-order valence-electron chi connectivity index (χ0n) is 83.5. The van der Waals surface area contributed by atoms with Gasteiger partial charge in [0.25, 0.3) is 0 Å². The number of allylic oxidation sites excluding steroid dienone is 1. The molecule has 766 valence electrons. The fraction of sp³-hybridized carbons (Fsp3) is 0.706. The molecule has 0 aromatic carbocycles. The smallest absolute Gasteiger partial charge is 0.309 e. The van der Waals surface area contributed by atoms with Gasteiger partial charge in [0.1, 0.15) is 46.4 Å². The molecule has 11 rings (SSSR count). The van der Waals surface area contributed by atoms with E-state index in [2.05, 4.69) is 19.9 Å². The number of esters is 4. The standard InChI is InChI=1S/2C26H38FNO6S.C26H38FNO5S.C24H34FNO6S/c2*1-14-8-7-9-26(6)21(34-26)11-19(18(27)10-17-13-35-16(3)28-17)33-22(30)12-20(29)25(4,5)24(32)15(2)23(14)31;1-15-8-7-9-16(2)24(31)17(3)25(32)26(5,6)22(29)13-23(30)33-21(11-10-15)20(27)12-19-14-34-18(4)28-19;1-13-6-5-7-24(4)21(32-24)11-20(18(25)8-16-12-33-15(3)26-16)31-22(29)10-17(27)9-19(28)14(2)23(13)30/h2*10,13-15,19-21,23,29,31H,7-9,11-12H2,1-6H3;10,12,14,16-17,21-22,24,29,31H,7-9,11,13H2,1-6H3;8,12-14,17,20-21,23,27,30H,5-7,9-11H2,1-4H3/b2*18-10-;15-10+,20-12-;18-8-/t14-,15+,19-,20-,21?,23-,26-;14-,15+,19-,20-,21-,23-,26+;16-,17+,21?,22-,24-;13-,14-,17+,20?,21+,23-,24+/m0000/s1. The second-order valence-corrected chi connectivity index (χ2v) is 45.7. The zero-order valence-corrected chi connectivity index (χ0v) is 86.7. The number of aryl methyl sites for hydroxylation is 4. The van der Waals surface area contributed by atoms with E-state index in [-0.39, 0.29) is 97.2 Å². The fourth-order valence-electron chi connectivity index (χ4n) is 18.3. The summed E-state index contributed by atoms with van der Waals surface area (Å²) in [6, 6.07) is 0. The highest BCUT2D eigenvalue weighted by Crippen LogP contribution is 2.49. The van der Waals surface area contributed by atoms with E-state index in [0.717, 1.165) is 64.1 Å². The summed E-state index contributed by atoms with van der Waals surface area (Å²) in [6.07, 6.45) is -0.0693. The van der Waals surface area contributed by atoms with Crippen LogP contribution in [0.3, 0.4) is 0 Å². The summed E-state index contributed by atoms with van der Waals surface area (Å²) in [6.45, 7) is 38.6. The van der Waals surface area contributed by atoms with E-state index in [4.69, 9.17) is 33.2 Å². The number of ketones is 4. The Bertz CT molecular complexity index is 4770. The average molecular weight is 2000 g/mol. The SMILES string of the molecule is C/C1=C\CC(/C(F)=C/c2csc(C)n2)OC(=O)C[C@H](O)C(C)(C)C(=O)[C@H](C)[C@@H](O)[C@@H](C)CCC1.Cc1nc(/C=C(\F)C2C[C@H]3O[C@]3(C)CCC[C@H](C)[C@H](O)[C@@H](C)C(=O)C[C@@H](O)CC(=O)O2)cs1.Cc1nc(/C=C(\F)[C@@H]2CC3O[C@@]3(C)CCC[C@H](C)[C@H](O)[C@@H](C)C(=O)C(C)(C)[C@@H](O)CC(=O)O2)cs1.Cc1nc(/C=C(\F)[C@@H]2C[C@@H]3O[C@]3(C)CCC[C@H](C)[C@H](O)[C@@H](C)C(=O)C(C)(C)[C@@H](O)CC(=O)O2)cs1. The molecular formula is C102H148F4N4O23S4. The van der Waals surface area contributed by atoms with Crippen LogP contribution in [0, 0.1) is 91.3 Å². The number of aliphatic hydroxyl groups excluding tert-OH is 8. The first-order valence-electron chi connectivity index (χ1n) is 48.0. The Balaban J connectivity index is 0.000000224. The second kappa shape index (κ2) is 49.8. The fourth-order valence-corrected chi connectivity index (χ4v) is 20.6. The number of fused-ring (bicyclic) bond motifs is 3. The van der Waals surface area contributed by atoms with Gasteiger partial charge in [0.15, 0.2) is 24.4 Å². The minimum Gasteiger partial charge on any atom is -0.455 e. The summed E-state index contributed by atoms with van der Waals surface area (Å²) < 4.78 is 100. The first-order valence-corrected chi connectivity index (χ1v) is 51.6. The van der Waals surface area contributed by atoms with Gasteiger partial charge in [-0.1, -0.05) is 128 Å². The molecule has 8 N–H and O–H groups in total. The van der Waals surface area contributed by atoms with Gasteiger partial charge in [0.05, 0.1) is 169 Å². The Kier molecular flexibility index (Phi) is 42.0. The molecule has 4 aromatic rings. The van der Waals surface area contributed by atoms with Gasteiger partial charge in [-0.3, -0.25) is 38.4 Å². The number of Topliss-reactive ketones (excluding diaryl/α,β-unsaturated/α-hetero) is 4. The Hall–Kier alpha value is -6.94. The van der Waals surface area contributed by atoms with Crippen molar-refractivity contribution in [1.82, 2.24) is 19.9 Å². The number of rotatable bonds is 8. The van der Waals surface area contributed by atoms with Crippen LogP contribution in [-0.2, 0) is 71.5 Å². The molecule has 0 bridgehead atoms. The molecule has 3 unspecified atom stereocenters. The summed E-state index contributed by atoms with van der Waals surface area (Å²) in [5, 5.41) is 95.4. The highest BCUT2D eigenvalue weighted by atomic mass is 32.1. The Labute approximate surface area is 820 Å². The van der Waals surface area contributed by atoms with Gasteiger partial charge in [0.2, 0.25) is 0 Å². The molecule has 26 atom stereocenters. The van der Waals surface area contributed by atoms with E-state index in [0.29, 0.717) is 61.3 Å². The number of aliphatic hydroxyl groups is 8. The predicted molar refractivity (Wildman–Crippen MR) is 517 cm³/mol.